The second-order valence-corrected chi connectivity index (χ2v) is 4.48. The van der Waals surface area contributed by atoms with E-state index in [1.807, 2.05) is 0 Å². The van der Waals surface area contributed by atoms with Crippen molar-refractivity contribution in [1.29, 1.82) is 0 Å². The topological polar surface area (TPSA) is 181 Å². The summed E-state index contributed by atoms with van der Waals surface area (Å²) in [4.78, 5) is 23.3. The van der Waals surface area contributed by atoms with Crippen molar-refractivity contribution >= 4 is 35.1 Å². The van der Waals surface area contributed by atoms with E-state index in [2.05, 4.69) is 20.3 Å². The summed E-state index contributed by atoms with van der Waals surface area (Å²) in [5, 5.41) is 2.45. The van der Waals surface area contributed by atoms with Crippen molar-refractivity contribution in [2.24, 2.45) is 22.2 Å². The largest absolute Gasteiger partial charge is 0.382 e. The van der Waals surface area contributed by atoms with Crippen molar-refractivity contribution in [3.05, 3.63) is 10.8 Å². The molecule has 122 valence electrons. The van der Waals surface area contributed by atoms with E-state index in [1.54, 1.807) is 0 Å². The molecule has 0 aliphatic rings. The lowest BCUT2D eigenvalue weighted by atomic mass is 10.3. The van der Waals surface area contributed by atoms with E-state index < -0.39 is 5.91 Å². The lowest BCUT2D eigenvalue weighted by molar-refractivity contribution is 0.0910. The molecule has 0 aromatic carbocycles. The van der Waals surface area contributed by atoms with Crippen LogP contribution in [0.25, 0.3) is 0 Å². The predicted molar refractivity (Wildman–Crippen MR) is 83.7 cm³/mol. The number of halogens is 1. The van der Waals surface area contributed by atoms with Crippen LogP contribution in [0.5, 0.6) is 0 Å². The number of aliphatic imine (C=N–C) groups is 1. The Kier molecular flexibility index (Phi) is 7.29. The molecule has 0 fully saturated rings. The van der Waals surface area contributed by atoms with Crippen molar-refractivity contribution in [3.8, 4) is 0 Å². The van der Waals surface area contributed by atoms with Gasteiger partial charge in [0.1, 0.15) is 0 Å². The summed E-state index contributed by atoms with van der Waals surface area (Å²) in [7, 11) is 0. The van der Waals surface area contributed by atoms with Gasteiger partial charge >= 0.3 is 0 Å². The first kappa shape index (κ1) is 17.9. The van der Waals surface area contributed by atoms with Crippen molar-refractivity contribution in [1.82, 2.24) is 15.3 Å². The van der Waals surface area contributed by atoms with Gasteiger partial charge in [-0.05, 0) is 13.0 Å². The Morgan fingerprint density at radius 3 is 2.68 bits per heavy atom. The molecule has 1 rings (SSSR count). The van der Waals surface area contributed by atoms with Gasteiger partial charge in [0.05, 0.1) is 6.61 Å². The van der Waals surface area contributed by atoms with Gasteiger partial charge in [-0.2, -0.15) is 4.99 Å². The van der Waals surface area contributed by atoms with Crippen molar-refractivity contribution in [2.45, 2.75) is 6.42 Å². The molecular weight excluding hydrogens is 312 g/mol. The molecule has 11 heteroatoms. The lowest BCUT2D eigenvalue weighted by Crippen LogP contribution is -2.29. The summed E-state index contributed by atoms with van der Waals surface area (Å²) >= 11 is 5.84. The van der Waals surface area contributed by atoms with E-state index in [-0.39, 0.29) is 35.0 Å². The Hall–Kier alpha value is -2.17. The number of hydrogen-bond acceptors (Lipinski definition) is 7. The molecule has 1 heterocycles. The van der Waals surface area contributed by atoms with Crippen LogP contribution >= 0.6 is 11.6 Å². The Balaban J connectivity index is 2.63. The average Bonchev–Trinajstić information content (AvgIpc) is 2.45. The van der Waals surface area contributed by atoms with Crippen LogP contribution in [0.3, 0.4) is 0 Å². The number of nitrogens with two attached hydrogens (primary N) is 4. The number of anilines is 1. The number of rotatable bonds is 8. The molecule has 0 aliphatic heterocycles. The normalized spacial score (nSPS) is 10.3. The third-order valence-electron chi connectivity index (χ3n) is 2.34. The molecule has 0 aliphatic carbocycles. The maximum absolute atomic E-state index is 11.9. The SMILES string of the molecule is NCCCOCCNC(=O)c1nc(Cl)c(N=C(N)N)nc1N. The third kappa shape index (κ3) is 5.68. The highest BCUT2D eigenvalue weighted by Gasteiger charge is 2.16. The first-order valence-electron chi connectivity index (χ1n) is 6.44. The van der Waals surface area contributed by atoms with Gasteiger partial charge < -0.3 is 33.0 Å². The highest BCUT2D eigenvalue weighted by atomic mass is 35.5. The van der Waals surface area contributed by atoms with Gasteiger partial charge in [-0.25, -0.2) is 9.97 Å². The molecule has 1 amide bonds. The molecule has 22 heavy (non-hydrogen) atoms. The van der Waals surface area contributed by atoms with Gasteiger partial charge in [-0.15, -0.1) is 0 Å². The molecule has 0 saturated heterocycles. The van der Waals surface area contributed by atoms with Crippen LogP contribution in [0.15, 0.2) is 4.99 Å². The number of guanidine groups is 1. The summed E-state index contributed by atoms with van der Waals surface area (Å²) in [6, 6.07) is 0. The molecule has 1 aromatic rings. The Morgan fingerprint density at radius 1 is 1.32 bits per heavy atom. The minimum Gasteiger partial charge on any atom is -0.382 e. The Morgan fingerprint density at radius 2 is 2.05 bits per heavy atom. The molecule has 1 aromatic heterocycles. The number of aromatic nitrogens is 2. The quantitative estimate of drug-likeness (QED) is 0.222. The van der Waals surface area contributed by atoms with E-state index in [1.165, 1.54) is 0 Å². The van der Waals surface area contributed by atoms with E-state index in [4.69, 9.17) is 39.3 Å². The van der Waals surface area contributed by atoms with Crippen LogP contribution < -0.4 is 28.3 Å². The number of carbonyl (C=O) groups is 1. The number of nitrogens with one attached hydrogen (secondary N) is 1. The molecule has 0 bridgehead atoms. The number of ether oxygens (including phenoxy) is 1. The minimum atomic E-state index is -0.523. The first-order chi connectivity index (χ1) is 10.5. The van der Waals surface area contributed by atoms with Crippen LogP contribution in [0.4, 0.5) is 11.6 Å². The van der Waals surface area contributed by atoms with Gasteiger partial charge in [-0.1, -0.05) is 11.6 Å². The van der Waals surface area contributed by atoms with Crippen LogP contribution in [0.1, 0.15) is 16.9 Å². The van der Waals surface area contributed by atoms with E-state index >= 15 is 0 Å². The summed E-state index contributed by atoms with van der Waals surface area (Å²) in [5.74, 6) is -0.959. The molecule has 0 saturated carbocycles. The highest BCUT2D eigenvalue weighted by Crippen LogP contribution is 2.22. The molecule has 0 spiro atoms. The summed E-state index contributed by atoms with van der Waals surface area (Å²) in [6.07, 6.45) is 0.758. The molecular formula is C11H19ClN8O2. The Bertz CT molecular complexity index is 547. The average molecular weight is 331 g/mol. The van der Waals surface area contributed by atoms with Gasteiger partial charge in [0, 0.05) is 13.2 Å². The maximum atomic E-state index is 11.9. The fourth-order valence-electron chi connectivity index (χ4n) is 1.39. The van der Waals surface area contributed by atoms with Crippen LogP contribution in [0, 0.1) is 0 Å². The zero-order valence-electron chi connectivity index (χ0n) is 11.9. The fourth-order valence-corrected chi connectivity index (χ4v) is 1.56. The van der Waals surface area contributed by atoms with Crippen molar-refractivity contribution in [2.75, 3.05) is 32.0 Å². The third-order valence-corrected chi connectivity index (χ3v) is 2.59. The van der Waals surface area contributed by atoms with Gasteiger partial charge in [-0.3, -0.25) is 4.79 Å². The zero-order chi connectivity index (χ0) is 16.5. The van der Waals surface area contributed by atoms with E-state index in [0.29, 0.717) is 19.8 Å². The first-order valence-corrected chi connectivity index (χ1v) is 6.82. The van der Waals surface area contributed by atoms with Gasteiger partial charge in [0.25, 0.3) is 5.91 Å². The molecule has 0 atom stereocenters. The fraction of sp³-hybridized carbons (Fsp3) is 0.455. The maximum Gasteiger partial charge on any atom is 0.273 e. The molecule has 0 unspecified atom stereocenters. The van der Waals surface area contributed by atoms with Crippen molar-refractivity contribution < 1.29 is 9.53 Å². The second kappa shape index (κ2) is 8.97. The highest BCUT2D eigenvalue weighted by molar-refractivity contribution is 6.31. The van der Waals surface area contributed by atoms with E-state index in [0.717, 1.165) is 6.42 Å². The number of nitrogens with zero attached hydrogens (tertiary/aromatic N) is 3. The number of hydrogen-bond donors (Lipinski definition) is 5. The number of nitrogen functional groups attached to an aromatic ring is 1. The van der Waals surface area contributed by atoms with Crippen LogP contribution in [-0.4, -0.2) is 48.1 Å². The standard InChI is InChI=1S/C11H19ClN8O2/c12-7-9(20-11(15)16)19-8(14)6(18-7)10(21)17-3-5-22-4-1-2-13/h1-5,13H2,(H,17,21)(H6,14,15,16,19,20). The van der Waals surface area contributed by atoms with Crippen LogP contribution in [0.2, 0.25) is 5.15 Å². The molecule has 10 nitrogen and oxygen atoms in total. The lowest BCUT2D eigenvalue weighted by Gasteiger charge is -2.08. The summed E-state index contributed by atoms with van der Waals surface area (Å²) in [5.41, 5.74) is 21.3. The van der Waals surface area contributed by atoms with E-state index in [9.17, 15) is 4.79 Å². The molecule has 0 radical (unpaired) electrons. The second-order valence-electron chi connectivity index (χ2n) is 4.12. The number of carbonyl (C=O) groups excluding carboxylic acids is 1. The monoisotopic (exact) mass is 330 g/mol. The summed E-state index contributed by atoms with van der Waals surface area (Å²) < 4.78 is 5.24. The van der Waals surface area contributed by atoms with Gasteiger partial charge in [0.2, 0.25) is 0 Å². The number of amides is 1. The smallest absolute Gasteiger partial charge is 0.273 e. The van der Waals surface area contributed by atoms with Crippen molar-refractivity contribution in [3.63, 3.8) is 0 Å². The summed E-state index contributed by atoms with van der Waals surface area (Å²) in [6.45, 7) is 1.73. The van der Waals surface area contributed by atoms with Gasteiger partial charge in [0.15, 0.2) is 28.4 Å². The van der Waals surface area contributed by atoms with Crippen LogP contribution in [-0.2, 0) is 4.74 Å². The Labute approximate surface area is 132 Å². The zero-order valence-corrected chi connectivity index (χ0v) is 12.6. The molecule has 9 N–H and O–H groups in total. The predicted octanol–water partition coefficient (Wildman–Crippen LogP) is -1.29. The minimum absolute atomic E-state index is 0.0548.